The zero-order chi connectivity index (χ0) is 40.2. The second kappa shape index (κ2) is 35.6. The Bertz CT molecular complexity index is 996. The van der Waals surface area contributed by atoms with Crippen LogP contribution in [0.2, 0.25) is 0 Å². The molecule has 318 valence electrons. The summed E-state index contributed by atoms with van der Waals surface area (Å²) < 4.78 is 46.3. The molecule has 0 aliphatic rings. The lowest BCUT2D eigenvalue weighted by Crippen LogP contribution is -2.56. The Balaban J connectivity index is 4.63. The summed E-state index contributed by atoms with van der Waals surface area (Å²) in [6.45, 7) is 6.97. The van der Waals surface area contributed by atoms with Gasteiger partial charge in [-0.15, -0.1) is 0 Å². The molecular formula is C44H82O9S. The summed E-state index contributed by atoms with van der Waals surface area (Å²) in [5.41, 5.74) is -1.87. The third kappa shape index (κ3) is 28.6. The maximum absolute atomic E-state index is 12.8. The van der Waals surface area contributed by atoms with Crippen molar-refractivity contribution in [3.8, 4) is 0 Å². The molecule has 0 bridgehead atoms. The van der Waals surface area contributed by atoms with Gasteiger partial charge in [-0.3, -0.25) is 13.8 Å². The minimum absolute atomic E-state index is 0.165. The Labute approximate surface area is 332 Å². The zero-order valence-electron chi connectivity index (χ0n) is 35.3. The van der Waals surface area contributed by atoms with E-state index in [0.717, 1.165) is 84.2 Å². The number of carbonyl (C=O) groups excluding carboxylic acids is 2. The molecule has 0 radical (unpaired) electrons. The molecule has 0 aromatic heterocycles. The first-order valence-corrected chi connectivity index (χ1v) is 23.2. The summed E-state index contributed by atoms with van der Waals surface area (Å²) in [4.78, 5) is 25.7. The summed E-state index contributed by atoms with van der Waals surface area (Å²) in [5.74, 6) is -1.01. The molecule has 9 nitrogen and oxygen atoms in total. The molecule has 0 aliphatic carbocycles. The number of hydrogen-bond donors (Lipinski definition) is 1. The first kappa shape index (κ1) is 52.2. The van der Waals surface area contributed by atoms with Crippen LogP contribution in [-0.2, 0) is 37.8 Å². The van der Waals surface area contributed by atoms with Gasteiger partial charge >= 0.3 is 22.3 Å². The Morgan fingerprint density at radius 2 is 0.870 bits per heavy atom. The second-order valence-electron chi connectivity index (χ2n) is 15.0. The van der Waals surface area contributed by atoms with Crippen LogP contribution in [0.5, 0.6) is 0 Å². The molecule has 0 spiro atoms. The van der Waals surface area contributed by atoms with Gasteiger partial charge in [-0.05, 0) is 78.1 Å². The van der Waals surface area contributed by atoms with Crippen LogP contribution < -0.4 is 0 Å². The van der Waals surface area contributed by atoms with E-state index in [4.69, 9.17) is 13.7 Å². The molecule has 10 heteroatoms. The minimum atomic E-state index is -4.55. The lowest BCUT2D eigenvalue weighted by Gasteiger charge is -2.40. The van der Waals surface area contributed by atoms with Crippen molar-refractivity contribution < 1.29 is 41.0 Å². The van der Waals surface area contributed by atoms with Gasteiger partial charge in [-0.1, -0.05) is 141 Å². The van der Waals surface area contributed by atoms with Crippen molar-refractivity contribution in [1.29, 1.82) is 0 Å². The Kier molecular flexibility index (Phi) is 34.5. The number of aliphatic hydroxyl groups is 1. The topological polar surface area (TPSA) is 125 Å². The molecule has 0 fully saturated rings. The Morgan fingerprint density at radius 1 is 0.556 bits per heavy atom. The maximum atomic E-state index is 12.8. The van der Waals surface area contributed by atoms with E-state index in [2.05, 4.69) is 42.3 Å². The molecule has 0 amide bonds. The second-order valence-corrected chi connectivity index (χ2v) is 16.3. The molecule has 2 atom stereocenters. The lowest BCUT2D eigenvalue weighted by atomic mass is 9.88. The van der Waals surface area contributed by atoms with E-state index in [1.165, 1.54) is 90.9 Å². The molecular weight excluding hydrogens is 705 g/mol. The molecule has 2 unspecified atom stereocenters. The fraction of sp³-hybridized carbons (Fsp3) is 0.864. The van der Waals surface area contributed by atoms with Crippen LogP contribution in [0.4, 0.5) is 0 Å². The van der Waals surface area contributed by atoms with Crippen molar-refractivity contribution in [1.82, 2.24) is 0 Å². The SMILES string of the molecule is CCCCCCCC/C=C\CCCCCCCC(=O)OC(C)C(CCO)(OS(=O)(=O)OC)C(C)OC(=O)CCCCCCC/C=C\CCCCCCCC. The highest BCUT2D eigenvalue weighted by molar-refractivity contribution is 7.81. The normalized spacial score (nSPS) is 14.4. The van der Waals surface area contributed by atoms with E-state index in [1.54, 1.807) is 0 Å². The van der Waals surface area contributed by atoms with E-state index in [1.807, 2.05) is 0 Å². The summed E-state index contributed by atoms with van der Waals surface area (Å²) in [6.07, 6.45) is 36.7. The fourth-order valence-electron chi connectivity index (χ4n) is 6.70. The lowest BCUT2D eigenvalue weighted by molar-refractivity contribution is -0.188. The predicted molar refractivity (Wildman–Crippen MR) is 221 cm³/mol. The predicted octanol–water partition coefficient (Wildman–Crippen LogP) is 12.0. The molecule has 0 aromatic rings. The quantitative estimate of drug-likeness (QED) is 0.0368. The van der Waals surface area contributed by atoms with Gasteiger partial charge in [0.2, 0.25) is 0 Å². The number of aliphatic hydroxyl groups excluding tert-OH is 1. The molecule has 0 aliphatic heterocycles. The summed E-state index contributed by atoms with van der Waals surface area (Å²) in [7, 11) is -3.60. The van der Waals surface area contributed by atoms with Crippen LogP contribution in [0.25, 0.3) is 0 Å². The largest absolute Gasteiger partial charge is 0.459 e. The van der Waals surface area contributed by atoms with Gasteiger partial charge in [0.25, 0.3) is 0 Å². The van der Waals surface area contributed by atoms with Crippen LogP contribution in [0.3, 0.4) is 0 Å². The van der Waals surface area contributed by atoms with Gasteiger partial charge in [-0.2, -0.15) is 8.42 Å². The molecule has 0 aromatic carbocycles. The summed E-state index contributed by atoms with van der Waals surface area (Å²) >= 11 is 0. The summed E-state index contributed by atoms with van der Waals surface area (Å²) in [6, 6.07) is 0. The standard InChI is InChI=1S/C44H82O9S/c1-6-8-10-12-14-16-18-20-22-24-26-28-30-32-34-36-42(46)51-40(3)44(38-39-45,53-54(48,49)50-5)41(4)52-43(47)37-35-33-31-29-27-25-23-21-19-17-15-13-11-9-7-2/h20-23,40-41,45H,6-19,24-39H2,1-5H3/b22-20-,23-21-. The molecule has 0 heterocycles. The van der Waals surface area contributed by atoms with E-state index in [0.29, 0.717) is 12.8 Å². The number of rotatable bonds is 39. The van der Waals surface area contributed by atoms with Crippen molar-refractivity contribution in [2.45, 2.75) is 232 Å². The van der Waals surface area contributed by atoms with Gasteiger partial charge < -0.3 is 14.6 Å². The number of esters is 2. The highest BCUT2D eigenvalue weighted by atomic mass is 32.3. The molecule has 54 heavy (non-hydrogen) atoms. The number of ether oxygens (including phenoxy) is 2. The van der Waals surface area contributed by atoms with Crippen molar-refractivity contribution in [3.63, 3.8) is 0 Å². The third-order valence-electron chi connectivity index (χ3n) is 10.2. The smallest absolute Gasteiger partial charge is 0.400 e. The van der Waals surface area contributed by atoms with Gasteiger partial charge in [0.05, 0.1) is 7.11 Å². The van der Waals surface area contributed by atoms with Crippen LogP contribution in [0.15, 0.2) is 24.3 Å². The monoisotopic (exact) mass is 787 g/mol. The van der Waals surface area contributed by atoms with E-state index < -0.39 is 46.8 Å². The van der Waals surface area contributed by atoms with Crippen LogP contribution in [0, 0.1) is 0 Å². The Hall–Kier alpha value is -1.75. The van der Waals surface area contributed by atoms with Crippen LogP contribution in [0.1, 0.15) is 214 Å². The van der Waals surface area contributed by atoms with E-state index in [-0.39, 0.29) is 19.3 Å². The average Bonchev–Trinajstić information content (AvgIpc) is 3.14. The Morgan fingerprint density at radius 3 is 1.19 bits per heavy atom. The highest BCUT2D eigenvalue weighted by Crippen LogP contribution is 2.33. The van der Waals surface area contributed by atoms with Gasteiger partial charge in [0, 0.05) is 25.9 Å². The van der Waals surface area contributed by atoms with E-state index in [9.17, 15) is 23.1 Å². The number of unbranched alkanes of at least 4 members (excludes halogenated alkanes) is 22. The molecule has 1 N–H and O–H groups in total. The van der Waals surface area contributed by atoms with Gasteiger partial charge in [-0.25, -0.2) is 4.18 Å². The van der Waals surface area contributed by atoms with Crippen LogP contribution >= 0.6 is 0 Å². The minimum Gasteiger partial charge on any atom is -0.459 e. The molecule has 0 saturated carbocycles. The number of hydrogen-bond acceptors (Lipinski definition) is 9. The van der Waals surface area contributed by atoms with Crippen molar-refractivity contribution in [2.75, 3.05) is 13.7 Å². The summed E-state index contributed by atoms with van der Waals surface area (Å²) in [5, 5.41) is 9.94. The fourth-order valence-corrected chi connectivity index (χ4v) is 7.51. The number of carbonyl (C=O) groups is 2. The maximum Gasteiger partial charge on any atom is 0.400 e. The van der Waals surface area contributed by atoms with Crippen molar-refractivity contribution in [2.24, 2.45) is 0 Å². The van der Waals surface area contributed by atoms with Gasteiger partial charge in [0.15, 0.2) is 5.60 Å². The average molecular weight is 787 g/mol. The first-order valence-electron chi connectivity index (χ1n) is 21.9. The third-order valence-corrected chi connectivity index (χ3v) is 11.2. The van der Waals surface area contributed by atoms with Crippen LogP contribution in [-0.4, -0.2) is 57.0 Å². The van der Waals surface area contributed by atoms with Crippen molar-refractivity contribution >= 4 is 22.3 Å². The molecule has 0 saturated heterocycles. The first-order chi connectivity index (χ1) is 26.1. The highest BCUT2D eigenvalue weighted by Gasteiger charge is 2.50. The number of allylic oxidation sites excluding steroid dienone is 4. The molecule has 0 rings (SSSR count). The van der Waals surface area contributed by atoms with Gasteiger partial charge in [0.1, 0.15) is 12.2 Å². The van der Waals surface area contributed by atoms with Crippen molar-refractivity contribution in [3.05, 3.63) is 24.3 Å². The zero-order valence-corrected chi connectivity index (χ0v) is 36.1. The van der Waals surface area contributed by atoms with E-state index >= 15 is 0 Å².